The van der Waals surface area contributed by atoms with Gasteiger partial charge in [0, 0.05) is 5.75 Å². The fourth-order valence-electron chi connectivity index (χ4n) is 0.909. The molecule has 8 heteroatoms. The number of rotatable bonds is 5. The third kappa shape index (κ3) is 4.85. The van der Waals surface area contributed by atoms with Crippen molar-refractivity contribution in [1.29, 1.82) is 0 Å². The molecular weight excluding hydrogens is 256 g/mol. The van der Waals surface area contributed by atoms with Gasteiger partial charge in [-0.05, 0) is 19.4 Å². The van der Waals surface area contributed by atoms with Crippen LogP contribution in [0.15, 0.2) is 21.8 Å². The molecular formula is C9H9F2NO4S. The van der Waals surface area contributed by atoms with Crippen LogP contribution in [0.4, 0.5) is 13.6 Å². The molecule has 1 N–H and O–H groups in total. The van der Waals surface area contributed by atoms with Crippen LogP contribution in [-0.2, 0) is 0 Å². The Hall–Kier alpha value is -1.57. The largest absolute Gasteiger partial charge is 0.513 e. The molecule has 5 nitrogen and oxygen atoms in total. The highest BCUT2D eigenvalue weighted by Crippen LogP contribution is 2.26. The maximum absolute atomic E-state index is 11.7. The van der Waals surface area contributed by atoms with Gasteiger partial charge in [-0.1, -0.05) is 11.8 Å². The molecule has 0 amide bonds. The van der Waals surface area contributed by atoms with Gasteiger partial charge in [0.1, 0.15) is 5.69 Å². The number of halogens is 2. The molecule has 1 heterocycles. The molecule has 0 aliphatic carbocycles. The van der Waals surface area contributed by atoms with E-state index in [-0.39, 0.29) is 17.6 Å². The molecule has 17 heavy (non-hydrogen) atoms. The van der Waals surface area contributed by atoms with E-state index in [1.54, 1.807) is 0 Å². The maximum atomic E-state index is 11.7. The van der Waals surface area contributed by atoms with E-state index >= 15 is 0 Å². The number of allylic oxidation sites excluding steroid dienone is 1. The average Bonchev–Trinajstić information content (AvgIpc) is 2.53. The molecule has 0 unspecified atom stereocenters. The highest BCUT2D eigenvalue weighted by molar-refractivity contribution is 7.99. The summed E-state index contributed by atoms with van der Waals surface area (Å²) in [6.45, 7) is 1.52. The van der Waals surface area contributed by atoms with E-state index in [0.29, 0.717) is 11.4 Å². The van der Waals surface area contributed by atoms with Crippen LogP contribution in [0, 0.1) is 6.92 Å². The first kappa shape index (κ1) is 13.5. The van der Waals surface area contributed by atoms with Gasteiger partial charge in [-0.3, -0.25) is 0 Å². The van der Waals surface area contributed by atoms with Crippen LogP contribution in [0.1, 0.15) is 12.1 Å². The minimum absolute atomic E-state index is 0.170. The van der Waals surface area contributed by atoms with Crippen molar-refractivity contribution < 1.29 is 27.8 Å². The Labute approximate surface area is 99.5 Å². The molecule has 0 spiro atoms. The summed E-state index contributed by atoms with van der Waals surface area (Å²) in [4.78, 5) is 14.1. The van der Waals surface area contributed by atoms with Gasteiger partial charge in [-0.2, -0.15) is 8.78 Å². The molecule has 0 saturated carbocycles. The summed E-state index contributed by atoms with van der Waals surface area (Å²) in [7, 11) is 0. The van der Waals surface area contributed by atoms with Gasteiger partial charge in [-0.15, -0.1) is 0 Å². The molecule has 0 aromatic carbocycles. The maximum Gasteiger partial charge on any atom is 0.513 e. The van der Waals surface area contributed by atoms with Crippen molar-refractivity contribution in [2.45, 2.75) is 18.6 Å². The van der Waals surface area contributed by atoms with Crippen molar-refractivity contribution in [3.63, 3.8) is 0 Å². The number of aryl methyl sites for hydroxylation is 1. The summed E-state index contributed by atoms with van der Waals surface area (Å²) in [6, 6.07) is 0. The predicted octanol–water partition coefficient (Wildman–Crippen LogP) is 3.30. The first-order chi connectivity index (χ1) is 7.99. The highest BCUT2D eigenvalue weighted by Gasteiger charge is 2.14. The lowest BCUT2D eigenvalue weighted by Gasteiger charge is -1.93. The van der Waals surface area contributed by atoms with E-state index in [9.17, 15) is 13.6 Å². The first-order valence-corrected chi connectivity index (χ1v) is 5.49. The number of carbonyl (C=O) groups is 1. The van der Waals surface area contributed by atoms with Gasteiger partial charge in [0.15, 0.2) is 0 Å². The average molecular weight is 265 g/mol. The fourth-order valence-corrected chi connectivity index (χ4v) is 1.65. The smallest absolute Gasteiger partial charge is 0.449 e. The lowest BCUT2D eigenvalue weighted by Crippen LogP contribution is -2.02. The Bertz CT molecular complexity index is 429. The zero-order chi connectivity index (χ0) is 12.8. The summed E-state index contributed by atoms with van der Waals surface area (Å²) >= 11 is 1.10. The van der Waals surface area contributed by atoms with Gasteiger partial charge in [0.2, 0.25) is 0 Å². The monoisotopic (exact) mass is 265 g/mol. The summed E-state index contributed by atoms with van der Waals surface area (Å²) in [6.07, 6.45) is -2.27. The van der Waals surface area contributed by atoms with E-state index in [4.69, 9.17) is 9.52 Å². The molecule has 0 aliphatic rings. The lowest BCUT2D eigenvalue weighted by molar-refractivity contribution is 0.130. The Kier molecular flexibility index (Phi) is 4.95. The number of thioether (sulfide) groups is 1. The molecule has 0 fully saturated rings. The zero-order valence-corrected chi connectivity index (χ0v) is 9.59. The lowest BCUT2D eigenvalue weighted by atomic mass is 10.5. The van der Waals surface area contributed by atoms with Crippen LogP contribution in [-0.4, -0.2) is 22.0 Å². The third-order valence-electron chi connectivity index (χ3n) is 1.56. The quantitative estimate of drug-likeness (QED) is 0.500. The van der Waals surface area contributed by atoms with Crippen molar-refractivity contribution in [2.75, 3.05) is 5.75 Å². The minimum Gasteiger partial charge on any atom is -0.449 e. The number of hydrogen-bond donors (Lipinski definition) is 1. The SMILES string of the molecule is Cc1nc(SCCC=C(F)F)oc1OC(=O)O. The number of hydrogen-bond acceptors (Lipinski definition) is 5. The number of carboxylic acid groups (broad SMARTS) is 1. The van der Waals surface area contributed by atoms with Gasteiger partial charge in [-0.25, -0.2) is 9.78 Å². The van der Waals surface area contributed by atoms with E-state index in [1.165, 1.54) is 6.92 Å². The molecule has 1 rings (SSSR count). The van der Waals surface area contributed by atoms with Crippen LogP contribution < -0.4 is 4.74 Å². The minimum atomic E-state index is -1.73. The van der Waals surface area contributed by atoms with Crippen LogP contribution in [0.25, 0.3) is 0 Å². The molecule has 0 atom stereocenters. The van der Waals surface area contributed by atoms with Gasteiger partial charge in [0.05, 0.1) is 0 Å². The van der Waals surface area contributed by atoms with E-state index < -0.39 is 12.2 Å². The second-order valence-corrected chi connectivity index (χ2v) is 3.90. The molecule has 94 valence electrons. The zero-order valence-electron chi connectivity index (χ0n) is 8.77. The molecule has 0 radical (unpaired) electrons. The molecule has 1 aromatic heterocycles. The van der Waals surface area contributed by atoms with E-state index in [1.807, 2.05) is 0 Å². The third-order valence-corrected chi connectivity index (χ3v) is 2.42. The topological polar surface area (TPSA) is 72.6 Å². The number of nitrogens with zero attached hydrogens (tertiary/aromatic N) is 1. The predicted molar refractivity (Wildman–Crippen MR) is 55.5 cm³/mol. The van der Waals surface area contributed by atoms with Crippen molar-refractivity contribution in [3.8, 4) is 5.95 Å². The van der Waals surface area contributed by atoms with Crippen LogP contribution in [0.3, 0.4) is 0 Å². The standard InChI is InChI=1S/C9H9F2NO4S/c1-5-7(16-9(13)14)15-8(12-5)17-4-2-3-6(10)11/h3H,2,4H2,1H3,(H,13,14). The fraction of sp³-hybridized carbons (Fsp3) is 0.333. The number of oxazole rings is 1. The van der Waals surface area contributed by atoms with E-state index in [2.05, 4.69) is 9.72 Å². The Morgan fingerprint density at radius 1 is 1.65 bits per heavy atom. The Morgan fingerprint density at radius 3 is 2.94 bits per heavy atom. The Morgan fingerprint density at radius 2 is 2.35 bits per heavy atom. The second kappa shape index (κ2) is 6.24. The summed E-state index contributed by atoms with van der Waals surface area (Å²) in [5, 5.41) is 8.55. The van der Waals surface area contributed by atoms with Gasteiger partial charge >= 0.3 is 12.1 Å². The highest BCUT2D eigenvalue weighted by atomic mass is 32.2. The van der Waals surface area contributed by atoms with Crippen molar-refractivity contribution in [3.05, 3.63) is 17.9 Å². The van der Waals surface area contributed by atoms with Gasteiger partial charge < -0.3 is 14.3 Å². The van der Waals surface area contributed by atoms with Crippen LogP contribution >= 0.6 is 11.8 Å². The molecule has 0 bridgehead atoms. The summed E-state index contributed by atoms with van der Waals surface area (Å²) in [5.74, 6) is 0.149. The number of ether oxygens (including phenoxy) is 1. The molecule has 0 saturated heterocycles. The molecule has 1 aromatic rings. The molecule has 0 aliphatic heterocycles. The van der Waals surface area contributed by atoms with Gasteiger partial charge in [0.25, 0.3) is 11.3 Å². The number of aromatic nitrogens is 1. The van der Waals surface area contributed by atoms with Crippen molar-refractivity contribution >= 4 is 17.9 Å². The first-order valence-electron chi connectivity index (χ1n) is 4.51. The van der Waals surface area contributed by atoms with Crippen molar-refractivity contribution in [2.24, 2.45) is 0 Å². The van der Waals surface area contributed by atoms with Crippen LogP contribution in [0.2, 0.25) is 0 Å². The van der Waals surface area contributed by atoms with Crippen molar-refractivity contribution in [1.82, 2.24) is 4.98 Å². The van der Waals surface area contributed by atoms with E-state index in [0.717, 1.165) is 17.8 Å². The second-order valence-electron chi connectivity index (χ2n) is 2.85. The summed E-state index contributed by atoms with van der Waals surface area (Å²) < 4.78 is 32.7. The Balaban J connectivity index is 2.49. The van der Waals surface area contributed by atoms with Crippen LogP contribution in [0.5, 0.6) is 5.95 Å². The summed E-state index contributed by atoms with van der Waals surface area (Å²) in [5.41, 5.74) is 0.294. The normalized spacial score (nSPS) is 10.1.